The third-order valence-electron chi connectivity index (χ3n) is 2.81. The van der Waals surface area contributed by atoms with E-state index in [2.05, 4.69) is 4.90 Å². The van der Waals surface area contributed by atoms with E-state index in [1.54, 1.807) is 6.92 Å². The summed E-state index contributed by atoms with van der Waals surface area (Å²) in [5.74, 6) is 0. The molecule has 3 nitrogen and oxygen atoms in total. The largest absolute Gasteiger partial charge is 0.392 e. The van der Waals surface area contributed by atoms with Crippen LogP contribution in [-0.4, -0.2) is 47.0 Å². The first-order valence-electron chi connectivity index (χ1n) is 5.17. The van der Waals surface area contributed by atoms with E-state index in [9.17, 15) is 10.2 Å². The molecule has 0 aliphatic heterocycles. The van der Waals surface area contributed by atoms with Crippen molar-refractivity contribution in [2.75, 3.05) is 13.6 Å². The molecule has 0 amide bonds. The van der Waals surface area contributed by atoms with Crippen LogP contribution in [0.3, 0.4) is 0 Å². The fraction of sp³-hybridized carbons (Fsp3) is 1.00. The zero-order valence-electron chi connectivity index (χ0n) is 8.61. The Morgan fingerprint density at radius 2 is 2.00 bits per heavy atom. The number of aliphatic hydroxyl groups excluding tert-OH is 2. The Bertz CT molecular complexity index is 150. The highest BCUT2D eigenvalue weighted by molar-refractivity contribution is 4.81. The molecule has 0 saturated heterocycles. The van der Waals surface area contributed by atoms with Crippen molar-refractivity contribution in [1.82, 2.24) is 4.90 Å². The van der Waals surface area contributed by atoms with Gasteiger partial charge in [-0.3, -0.25) is 4.90 Å². The quantitative estimate of drug-likeness (QED) is 0.680. The van der Waals surface area contributed by atoms with Crippen LogP contribution in [0, 0.1) is 0 Å². The number of aliphatic hydroxyl groups is 2. The van der Waals surface area contributed by atoms with E-state index in [1.807, 2.05) is 7.05 Å². The van der Waals surface area contributed by atoms with Crippen molar-refractivity contribution < 1.29 is 10.2 Å². The summed E-state index contributed by atoms with van der Waals surface area (Å²) < 4.78 is 0. The number of hydrogen-bond acceptors (Lipinski definition) is 3. The minimum absolute atomic E-state index is 0.197. The smallest absolute Gasteiger partial charge is 0.0695 e. The van der Waals surface area contributed by atoms with Gasteiger partial charge in [-0.15, -0.1) is 0 Å². The lowest BCUT2D eigenvalue weighted by atomic mass is 9.91. The average Bonchev–Trinajstić information content (AvgIpc) is 2.03. The molecule has 0 aromatic carbocycles. The lowest BCUT2D eigenvalue weighted by molar-refractivity contribution is 0.0144. The highest BCUT2D eigenvalue weighted by atomic mass is 16.3. The maximum atomic E-state index is 9.73. The molecule has 3 atom stereocenters. The van der Waals surface area contributed by atoms with Crippen molar-refractivity contribution >= 4 is 0 Å². The van der Waals surface area contributed by atoms with Crippen LogP contribution >= 0.6 is 0 Å². The first kappa shape index (κ1) is 11.0. The van der Waals surface area contributed by atoms with Gasteiger partial charge < -0.3 is 10.2 Å². The van der Waals surface area contributed by atoms with Gasteiger partial charge in [-0.25, -0.2) is 0 Å². The minimum atomic E-state index is -0.306. The number of nitrogens with zero attached hydrogens (tertiary/aromatic N) is 1. The maximum Gasteiger partial charge on any atom is 0.0695 e. The van der Waals surface area contributed by atoms with Crippen molar-refractivity contribution in [2.45, 2.75) is 50.9 Å². The molecule has 2 N–H and O–H groups in total. The second kappa shape index (κ2) is 4.94. The molecule has 0 heterocycles. The highest BCUT2D eigenvalue weighted by Crippen LogP contribution is 2.22. The SMILES string of the molecule is CC(O)CN(C)[C@@H]1CCCC[C@H]1O. The van der Waals surface area contributed by atoms with E-state index in [0.29, 0.717) is 6.54 Å². The lowest BCUT2D eigenvalue weighted by Gasteiger charge is -2.35. The topological polar surface area (TPSA) is 43.7 Å². The molecule has 0 radical (unpaired) electrons. The summed E-state index contributed by atoms with van der Waals surface area (Å²) in [6, 6.07) is 0.253. The average molecular weight is 187 g/mol. The van der Waals surface area contributed by atoms with Gasteiger partial charge in [-0.2, -0.15) is 0 Å². The Labute approximate surface area is 80.4 Å². The van der Waals surface area contributed by atoms with Crippen molar-refractivity contribution in [3.63, 3.8) is 0 Å². The summed E-state index contributed by atoms with van der Waals surface area (Å²) in [7, 11) is 1.98. The van der Waals surface area contributed by atoms with Crippen LogP contribution in [0.1, 0.15) is 32.6 Å². The van der Waals surface area contributed by atoms with Crippen molar-refractivity contribution in [2.24, 2.45) is 0 Å². The van der Waals surface area contributed by atoms with Gasteiger partial charge in [-0.1, -0.05) is 12.8 Å². The minimum Gasteiger partial charge on any atom is -0.392 e. The molecule has 1 aliphatic rings. The molecule has 3 heteroatoms. The van der Waals surface area contributed by atoms with Gasteiger partial charge in [-0.05, 0) is 26.8 Å². The van der Waals surface area contributed by atoms with Crippen LogP contribution in [0.15, 0.2) is 0 Å². The molecular formula is C10H21NO2. The number of rotatable bonds is 3. The Morgan fingerprint density at radius 1 is 1.38 bits per heavy atom. The number of likely N-dealkylation sites (N-methyl/N-ethyl adjacent to an activating group) is 1. The van der Waals surface area contributed by atoms with Crippen molar-refractivity contribution in [3.8, 4) is 0 Å². The molecule has 0 aromatic rings. The molecule has 0 aromatic heterocycles. The zero-order valence-corrected chi connectivity index (χ0v) is 8.61. The molecule has 0 spiro atoms. The predicted octanol–water partition coefficient (Wildman–Crippen LogP) is 0.602. The Morgan fingerprint density at radius 3 is 2.54 bits per heavy atom. The Balaban J connectivity index is 2.39. The second-order valence-electron chi connectivity index (χ2n) is 4.21. The van der Waals surface area contributed by atoms with Crippen LogP contribution in [0.25, 0.3) is 0 Å². The van der Waals surface area contributed by atoms with Crippen LogP contribution in [0.2, 0.25) is 0 Å². The van der Waals surface area contributed by atoms with E-state index in [4.69, 9.17) is 0 Å². The van der Waals surface area contributed by atoms with Crippen LogP contribution in [-0.2, 0) is 0 Å². The summed E-state index contributed by atoms with van der Waals surface area (Å²) in [5.41, 5.74) is 0. The first-order chi connectivity index (χ1) is 6.11. The van der Waals surface area contributed by atoms with Gasteiger partial charge in [0.2, 0.25) is 0 Å². The van der Waals surface area contributed by atoms with Crippen molar-refractivity contribution in [3.05, 3.63) is 0 Å². The Hall–Kier alpha value is -0.120. The van der Waals surface area contributed by atoms with Gasteiger partial charge in [0.1, 0.15) is 0 Å². The maximum absolute atomic E-state index is 9.73. The van der Waals surface area contributed by atoms with Gasteiger partial charge >= 0.3 is 0 Å². The second-order valence-corrected chi connectivity index (χ2v) is 4.21. The molecule has 1 saturated carbocycles. The molecule has 78 valence electrons. The molecule has 13 heavy (non-hydrogen) atoms. The lowest BCUT2D eigenvalue weighted by Crippen LogP contribution is -2.45. The molecular weight excluding hydrogens is 166 g/mol. The van der Waals surface area contributed by atoms with E-state index in [1.165, 1.54) is 6.42 Å². The van der Waals surface area contributed by atoms with Gasteiger partial charge in [0.25, 0.3) is 0 Å². The van der Waals surface area contributed by atoms with E-state index >= 15 is 0 Å². The monoisotopic (exact) mass is 187 g/mol. The summed E-state index contributed by atoms with van der Waals surface area (Å²) in [5, 5.41) is 18.9. The summed E-state index contributed by atoms with van der Waals surface area (Å²) in [4.78, 5) is 2.08. The third-order valence-corrected chi connectivity index (χ3v) is 2.81. The van der Waals surface area contributed by atoms with Crippen LogP contribution in [0.4, 0.5) is 0 Å². The highest BCUT2D eigenvalue weighted by Gasteiger charge is 2.26. The Kier molecular flexibility index (Phi) is 4.16. The fourth-order valence-electron chi connectivity index (χ4n) is 2.16. The van der Waals surface area contributed by atoms with E-state index in [0.717, 1.165) is 19.3 Å². The molecule has 1 aliphatic carbocycles. The molecule has 1 rings (SSSR count). The molecule has 1 fully saturated rings. The predicted molar refractivity (Wildman–Crippen MR) is 52.6 cm³/mol. The van der Waals surface area contributed by atoms with Gasteiger partial charge in [0.15, 0.2) is 0 Å². The third kappa shape index (κ3) is 3.25. The van der Waals surface area contributed by atoms with Gasteiger partial charge in [0, 0.05) is 12.6 Å². The van der Waals surface area contributed by atoms with E-state index in [-0.39, 0.29) is 18.2 Å². The zero-order chi connectivity index (χ0) is 9.84. The summed E-state index contributed by atoms with van der Waals surface area (Å²) in [6.07, 6.45) is 3.81. The molecule has 1 unspecified atom stereocenters. The number of hydrogen-bond donors (Lipinski definition) is 2. The summed E-state index contributed by atoms with van der Waals surface area (Å²) in [6.45, 7) is 2.44. The van der Waals surface area contributed by atoms with Crippen molar-refractivity contribution in [1.29, 1.82) is 0 Å². The fourth-order valence-corrected chi connectivity index (χ4v) is 2.16. The molecule has 0 bridgehead atoms. The van der Waals surface area contributed by atoms with Crippen LogP contribution in [0.5, 0.6) is 0 Å². The standard InChI is InChI=1S/C10H21NO2/c1-8(12)7-11(2)9-5-3-4-6-10(9)13/h8-10,12-13H,3-7H2,1-2H3/t8?,9-,10-/m1/s1. The van der Waals surface area contributed by atoms with Crippen LogP contribution < -0.4 is 0 Å². The first-order valence-corrected chi connectivity index (χ1v) is 5.17. The van der Waals surface area contributed by atoms with Gasteiger partial charge in [0.05, 0.1) is 12.2 Å². The normalized spacial score (nSPS) is 32.1. The van der Waals surface area contributed by atoms with E-state index < -0.39 is 0 Å². The summed E-state index contributed by atoms with van der Waals surface area (Å²) >= 11 is 0.